The molecule has 0 spiro atoms. The summed E-state index contributed by atoms with van der Waals surface area (Å²) in [7, 11) is 1.38. The molecule has 0 aliphatic heterocycles. The Hall–Kier alpha value is -3.98. The molecular formula is C23H15F2NO3. The van der Waals surface area contributed by atoms with Crippen LogP contribution in [0.4, 0.5) is 8.78 Å². The molecule has 0 heterocycles. The van der Waals surface area contributed by atoms with Gasteiger partial charge in [0.15, 0.2) is 11.5 Å². The van der Waals surface area contributed by atoms with E-state index in [4.69, 9.17) is 9.47 Å². The summed E-state index contributed by atoms with van der Waals surface area (Å²) in [5.41, 5.74) is 0.627. The number of methoxy groups -OCH3 is 1. The zero-order valence-corrected chi connectivity index (χ0v) is 15.4. The van der Waals surface area contributed by atoms with Gasteiger partial charge in [0.2, 0.25) is 0 Å². The Morgan fingerprint density at radius 1 is 0.931 bits per heavy atom. The normalized spacial score (nSPS) is 10.9. The quantitative estimate of drug-likeness (QED) is 0.258. The van der Waals surface area contributed by atoms with Gasteiger partial charge in [-0.1, -0.05) is 36.4 Å². The number of nitriles is 1. The first-order chi connectivity index (χ1) is 14.0. The minimum atomic E-state index is -0.867. The van der Waals surface area contributed by atoms with Crippen LogP contribution in [0.5, 0.6) is 11.5 Å². The number of esters is 1. The number of ether oxygens (including phenoxy) is 2. The molecule has 0 amide bonds. The van der Waals surface area contributed by atoms with E-state index in [1.807, 2.05) is 6.07 Å². The summed E-state index contributed by atoms with van der Waals surface area (Å²) >= 11 is 0. The van der Waals surface area contributed by atoms with Crippen molar-refractivity contribution in [3.05, 3.63) is 95.1 Å². The van der Waals surface area contributed by atoms with Crippen LogP contribution in [0.15, 0.2) is 66.7 Å². The maximum Gasteiger partial charge on any atom is 0.346 e. The van der Waals surface area contributed by atoms with Gasteiger partial charge in [0, 0.05) is 5.56 Å². The fourth-order valence-corrected chi connectivity index (χ4v) is 2.66. The molecule has 0 unspecified atom stereocenters. The maximum absolute atomic E-state index is 14.0. The summed E-state index contributed by atoms with van der Waals surface area (Å²) in [5, 5.41) is 9.40. The van der Waals surface area contributed by atoms with Gasteiger partial charge in [-0.15, -0.1) is 0 Å². The molecule has 29 heavy (non-hydrogen) atoms. The number of benzene rings is 3. The molecule has 0 saturated heterocycles. The predicted octanol–water partition coefficient (Wildman–Crippen LogP) is 5.26. The van der Waals surface area contributed by atoms with Gasteiger partial charge in [0.25, 0.3) is 0 Å². The third-order valence-electron chi connectivity index (χ3n) is 4.08. The Bertz CT molecular complexity index is 1130. The van der Waals surface area contributed by atoms with Crippen LogP contribution >= 0.6 is 0 Å². The molecular weight excluding hydrogens is 376 g/mol. The zero-order chi connectivity index (χ0) is 20.8. The predicted molar refractivity (Wildman–Crippen MR) is 104 cm³/mol. The maximum atomic E-state index is 14.0. The third-order valence-corrected chi connectivity index (χ3v) is 4.08. The lowest BCUT2D eigenvalue weighted by atomic mass is 10.0. The van der Waals surface area contributed by atoms with Gasteiger partial charge in [0.1, 0.15) is 11.6 Å². The number of rotatable bonds is 5. The molecule has 3 aromatic carbocycles. The largest absolute Gasteiger partial charge is 0.493 e. The van der Waals surface area contributed by atoms with E-state index >= 15 is 0 Å². The van der Waals surface area contributed by atoms with E-state index in [2.05, 4.69) is 0 Å². The molecule has 144 valence electrons. The van der Waals surface area contributed by atoms with Crippen LogP contribution in [0.1, 0.15) is 21.5 Å². The first-order valence-electron chi connectivity index (χ1n) is 8.55. The summed E-state index contributed by atoms with van der Waals surface area (Å²) in [6, 6.07) is 18.0. The van der Waals surface area contributed by atoms with Crippen molar-refractivity contribution in [3.8, 4) is 17.6 Å². The number of nitrogens with zero attached hydrogens (tertiary/aromatic N) is 1. The van der Waals surface area contributed by atoms with Crippen LogP contribution in [0, 0.1) is 23.0 Å². The molecule has 0 atom stereocenters. The minimum Gasteiger partial charge on any atom is -0.493 e. The van der Waals surface area contributed by atoms with Gasteiger partial charge in [-0.3, -0.25) is 0 Å². The lowest BCUT2D eigenvalue weighted by molar-refractivity contribution is 0.0725. The summed E-state index contributed by atoms with van der Waals surface area (Å²) in [6.07, 6.45) is 1.49. The molecule has 3 rings (SSSR count). The number of hydrogen-bond donors (Lipinski definition) is 0. The summed E-state index contributed by atoms with van der Waals surface area (Å²) in [4.78, 5) is 12.2. The summed E-state index contributed by atoms with van der Waals surface area (Å²) in [6.45, 7) is 0. The van der Waals surface area contributed by atoms with E-state index < -0.39 is 17.6 Å². The fourth-order valence-electron chi connectivity index (χ4n) is 2.66. The topological polar surface area (TPSA) is 59.3 Å². The first-order valence-corrected chi connectivity index (χ1v) is 8.55. The molecule has 0 bridgehead atoms. The standard InChI is InChI=1S/C23H15F2NO3/c1-28-22-13-15(12-16(14-26)17-6-2-4-8-19(17)24)10-11-21(22)29-23(27)18-7-3-5-9-20(18)25/h2-13H,1H3/b16-12-. The number of halogens is 2. The van der Waals surface area contributed by atoms with Crippen molar-refractivity contribution in [2.24, 2.45) is 0 Å². The number of carbonyl (C=O) groups excluding carboxylic acids is 1. The van der Waals surface area contributed by atoms with Crippen LogP contribution in [0.25, 0.3) is 11.6 Å². The zero-order valence-electron chi connectivity index (χ0n) is 15.4. The monoisotopic (exact) mass is 391 g/mol. The number of allylic oxidation sites excluding steroid dienone is 1. The molecule has 0 fully saturated rings. The molecule has 0 aliphatic rings. The van der Waals surface area contributed by atoms with Crippen molar-refractivity contribution >= 4 is 17.6 Å². The average Bonchev–Trinajstić information content (AvgIpc) is 2.73. The van der Waals surface area contributed by atoms with Gasteiger partial charge in [0.05, 0.1) is 24.3 Å². The van der Waals surface area contributed by atoms with Crippen LogP contribution < -0.4 is 9.47 Å². The van der Waals surface area contributed by atoms with Gasteiger partial charge >= 0.3 is 5.97 Å². The molecule has 0 N–H and O–H groups in total. The van der Waals surface area contributed by atoms with Crippen molar-refractivity contribution in [1.29, 1.82) is 5.26 Å². The Morgan fingerprint density at radius 3 is 2.14 bits per heavy atom. The van der Waals surface area contributed by atoms with E-state index in [9.17, 15) is 18.8 Å². The molecule has 6 heteroatoms. The van der Waals surface area contributed by atoms with E-state index in [-0.39, 0.29) is 28.2 Å². The molecule has 0 saturated carbocycles. The fraction of sp³-hybridized carbons (Fsp3) is 0.0435. The highest BCUT2D eigenvalue weighted by Crippen LogP contribution is 2.31. The van der Waals surface area contributed by atoms with Crippen LogP contribution in [-0.4, -0.2) is 13.1 Å². The van der Waals surface area contributed by atoms with Gasteiger partial charge in [-0.2, -0.15) is 5.26 Å². The van der Waals surface area contributed by atoms with Crippen molar-refractivity contribution < 1.29 is 23.0 Å². The highest BCUT2D eigenvalue weighted by atomic mass is 19.1. The lowest BCUT2D eigenvalue weighted by Gasteiger charge is -2.10. The SMILES string of the molecule is COc1cc(/C=C(/C#N)c2ccccc2F)ccc1OC(=O)c1ccccc1F. The van der Waals surface area contributed by atoms with Gasteiger partial charge in [-0.05, 0) is 42.0 Å². The Morgan fingerprint density at radius 2 is 1.55 bits per heavy atom. The van der Waals surface area contributed by atoms with Crippen LogP contribution in [0.2, 0.25) is 0 Å². The number of hydrogen-bond acceptors (Lipinski definition) is 4. The van der Waals surface area contributed by atoms with Gasteiger partial charge in [-0.25, -0.2) is 13.6 Å². The number of carbonyl (C=O) groups is 1. The molecule has 0 aliphatic carbocycles. The van der Waals surface area contributed by atoms with E-state index in [0.29, 0.717) is 5.56 Å². The summed E-state index contributed by atoms with van der Waals surface area (Å²) < 4.78 is 38.2. The molecule has 0 radical (unpaired) electrons. The summed E-state index contributed by atoms with van der Waals surface area (Å²) in [5.74, 6) is -1.78. The minimum absolute atomic E-state index is 0.0855. The Labute approximate surface area is 166 Å². The van der Waals surface area contributed by atoms with Crippen molar-refractivity contribution in [3.63, 3.8) is 0 Å². The van der Waals surface area contributed by atoms with Crippen LogP contribution in [0.3, 0.4) is 0 Å². The van der Waals surface area contributed by atoms with Crippen molar-refractivity contribution in [1.82, 2.24) is 0 Å². The highest BCUT2D eigenvalue weighted by Gasteiger charge is 2.16. The van der Waals surface area contributed by atoms with E-state index in [0.717, 1.165) is 6.07 Å². The van der Waals surface area contributed by atoms with Crippen LogP contribution in [-0.2, 0) is 0 Å². The lowest BCUT2D eigenvalue weighted by Crippen LogP contribution is -2.11. The van der Waals surface area contributed by atoms with E-state index in [1.165, 1.54) is 61.7 Å². The second-order valence-electron chi connectivity index (χ2n) is 5.93. The van der Waals surface area contributed by atoms with Gasteiger partial charge < -0.3 is 9.47 Å². The molecule has 3 aromatic rings. The second-order valence-corrected chi connectivity index (χ2v) is 5.93. The Kier molecular flexibility index (Phi) is 6.00. The van der Waals surface area contributed by atoms with Crippen molar-refractivity contribution in [2.45, 2.75) is 0 Å². The molecule has 0 aromatic heterocycles. The average molecular weight is 391 g/mol. The first kappa shape index (κ1) is 19.8. The third kappa shape index (κ3) is 4.47. The Balaban J connectivity index is 1.91. The second kappa shape index (κ2) is 8.81. The highest BCUT2D eigenvalue weighted by molar-refractivity contribution is 5.92. The van der Waals surface area contributed by atoms with E-state index in [1.54, 1.807) is 12.1 Å². The smallest absolute Gasteiger partial charge is 0.346 e. The van der Waals surface area contributed by atoms with Crippen molar-refractivity contribution in [2.75, 3.05) is 7.11 Å². The molecule has 4 nitrogen and oxygen atoms in total.